The monoisotopic (exact) mass is 281 g/mol. The van der Waals surface area contributed by atoms with Gasteiger partial charge in [-0.1, -0.05) is 13.3 Å². The fraction of sp³-hybridized carbons (Fsp3) is 0.938. The molecule has 0 aromatic rings. The second-order valence-electron chi connectivity index (χ2n) is 6.36. The highest BCUT2D eigenvalue weighted by Gasteiger charge is 2.30. The van der Waals surface area contributed by atoms with Crippen molar-refractivity contribution in [2.75, 3.05) is 32.7 Å². The number of rotatable bonds is 6. The number of nitrogens with one attached hydrogen (secondary N) is 1. The van der Waals surface area contributed by atoms with Crippen LogP contribution in [0.1, 0.15) is 52.4 Å². The van der Waals surface area contributed by atoms with E-state index in [1.54, 1.807) is 0 Å². The zero-order chi connectivity index (χ0) is 14.4. The molecule has 2 rings (SSSR count). The Labute approximate surface area is 123 Å². The smallest absolute Gasteiger partial charge is 0.236 e. The first kappa shape index (κ1) is 15.8. The fourth-order valence-electron chi connectivity index (χ4n) is 3.53. The lowest BCUT2D eigenvalue weighted by molar-refractivity contribution is -0.132. The summed E-state index contributed by atoms with van der Waals surface area (Å²) < 4.78 is 0. The summed E-state index contributed by atoms with van der Waals surface area (Å²) in [5.41, 5.74) is 0. The van der Waals surface area contributed by atoms with Crippen LogP contribution in [0.5, 0.6) is 0 Å². The summed E-state index contributed by atoms with van der Waals surface area (Å²) in [5, 5.41) is 3.61. The summed E-state index contributed by atoms with van der Waals surface area (Å²) in [6.45, 7) is 9.22. The van der Waals surface area contributed by atoms with Gasteiger partial charge in [0, 0.05) is 25.2 Å². The second-order valence-corrected chi connectivity index (χ2v) is 6.36. The third-order valence-electron chi connectivity index (χ3n) is 4.75. The van der Waals surface area contributed by atoms with E-state index in [4.69, 9.17) is 0 Å². The summed E-state index contributed by atoms with van der Waals surface area (Å²) in [4.78, 5) is 16.8. The van der Waals surface area contributed by atoms with E-state index >= 15 is 0 Å². The number of carbonyl (C=O) groups excluding carboxylic acids is 1. The molecule has 4 heteroatoms. The molecule has 2 unspecified atom stereocenters. The van der Waals surface area contributed by atoms with Crippen molar-refractivity contribution >= 4 is 5.91 Å². The SMILES string of the molecule is CCCNC(C)C1CCCCN1CC(=O)N1CCCC1. The largest absolute Gasteiger partial charge is 0.342 e. The highest BCUT2D eigenvalue weighted by Crippen LogP contribution is 2.20. The topological polar surface area (TPSA) is 35.6 Å². The summed E-state index contributed by atoms with van der Waals surface area (Å²) in [6.07, 6.45) is 7.31. The van der Waals surface area contributed by atoms with Gasteiger partial charge in [0.1, 0.15) is 0 Å². The molecule has 0 bridgehead atoms. The van der Waals surface area contributed by atoms with Gasteiger partial charge in [0.25, 0.3) is 0 Å². The molecule has 1 N–H and O–H groups in total. The predicted molar refractivity (Wildman–Crippen MR) is 82.8 cm³/mol. The molecule has 0 radical (unpaired) electrons. The maximum Gasteiger partial charge on any atom is 0.236 e. The molecular formula is C16H31N3O. The Morgan fingerprint density at radius 2 is 1.90 bits per heavy atom. The fourth-order valence-corrected chi connectivity index (χ4v) is 3.53. The normalized spacial score (nSPS) is 25.9. The van der Waals surface area contributed by atoms with Crippen molar-refractivity contribution in [3.8, 4) is 0 Å². The molecule has 0 aliphatic carbocycles. The molecule has 0 aromatic heterocycles. The molecular weight excluding hydrogens is 250 g/mol. The lowest BCUT2D eigenvalue weighted by Crippen LogP contribution is -2.53. The maximum atomic E-state index is 12.4. The van der Waals surface area contributed by atoms with Gasteiger partial charge in [-0.2, -0.15) is 0 Å². The molecule has 2 aliphatic heterocycles. The number of carbonyl (C=O) groups is 1. The quantitative estimate of drug-likeness (QED) is 0.807. The molecule has 2 fully saturated rings. The number of amides is 1. The Morgan fingerprint density at radius 3 is 2.60 bits per heavy atom. The Kier molecular flexibility index (Phi) is 6.30. The summed E-state index contributed by atoms with van der Waals surface area (Å²) >= 11 is 0. The van der Waals surface area contributed by atoms with Crippen molar-refractivity contribution in [3.05, 3.63) is 0 Å². The highest BCUT2D eigenvalue weighted by molar-refractivity contribution is 5.78. The average Bonchev–Trinajstić information content (AvgIpc) is 2.99. The molecule has 2 heterocycles. The first-order valence-electron chi connectivity index (χ1n) is 8.47. The standard InChI is InChI=1S/C16H31N3O/c1-3-9-17-14(2)15-8-4-5-12-19(15)13-16(20)18-10-6-7-11-18/h14-15,17H,3-13H2,1-2H3. The van der Waals surface area contributed by atoms with Crippen molar-refractivity contribution < 1.29 is 4.79 Å². The van der Waals surface area contributed by atoms with Crippen LogP contribution in [-0.4, -0.2) is 60.5 Å². The molecule has 116 valence electrons. The van der Waals surface area contributed by atoms with Crippen LogP contribution in [0.3, 0.4) is 0 Å². The highest BCUT2D eigenvalue weighted by atomic mass is 16.2. The van der Waals surface area contributed by atoms with Gasteiger partial charge in [-0.25, -0.2) is 0 Å². The number of likely N-dealkylation sites (tertiary alicyclic amines) is 2. The minimum absolute atomic E-state index is 0.345. The van der Waals surface area contributed by atoms with Crippen LogP contribution in [0.25, 0.3) is 0 Å². The summed E-state index contributed by atoms with van der Waals surface area (Å²) in [5.74, 6) is 0.345. The Hall–Kier alpha value is -0.610. The lowest BCUT2D eigenvalue weighted by Gasteiger charge is -2.39. The zero-order valence-electron chi connectivity index (χ0n) is 13.2. The lowest BCUT2D eigenvalue weighted by atomic mass is 9.96. The van der Waals surface area contributed by atoms with Gasteiger partial charge in [0.05, 0.1) is 6.54 Å². The van der Waals surface area contributed by atoms with E-state index in [2.05, 4.69) is 29.0 Å². The van der Waals surface area contributed by atoms with Gasteiger partial charge in [-0.05, 0) is 52.1 Å². The first-order valence-corrected chi connectivity index (χ1v) is 8.47. The van der Waals surface area contributed by atoms with Gasteiger partial charge in [-0.15, -0.1) is 0 Å². The van der Waals surface area contributed by atoms with E-state index < -0.39 is 0 Å². The van der Waals surface area contributed by atoms with Crippen LogP contribution in [0.2, 0.25) is 0 Å². The van der Waals surface area contributed by atoms with E-state index in [9.17, 15) is 4.79 Å². The van der Waals surface area contributed by atoms with Crippen LogP contribution < -0.4 is 5.32 Å². The van der Waals surface area contributed by atoms with Crippen molar-refractivity contribution in [1.29, 1.82) is 0 Å². The Balaban J connectivity index is 1.87. The molecule has 2 aliphatic rings. The molecule has 1 amide bonds. The second kappa shape index (κ2) is 7.99. The van der Waals surface area contributed by atoms with Crippen molar-refractivity contribution in [2.24, 2.45) is 0 Å². The first-order chi connectivity index (χ1) is 9.72. The van der Waals surface area contributed by atoms with Crippen molar-refractivity contribution in [3.63, 3.8) is 0 Å². The van der Waals surface area contributed by atoms with E-state index in [0.29, 0.717) is 24.5 Å². The third-order valence-corrected chi connectivity index (χ3v) is 4.75. The van der Waals surface area contributed by atoms with Gasteiger partial charge >= 0.3 is 0 Å². The zero-order valence-corrected chi connectivity index (χ0v) is 13.2. The van der Waals surface area contributed by atoms with Gasteiger partial charge in [0.15, 0.2) is 0 Å². The van der Waals surface area contributed by atoms with Crippen LogP contribution in [0.15, 0.2) is 0 Å². The van der Waals surface area contributed by atoms with Crippen molar-refractivity contribution in [1.82, 2.24) is 15.1 Å². The number of nitrogens with zero attached hydrogens (tertiary/aromatic N) is 2. The summed E-state index contributed by atoms with van der Waals surface area (Å²) in [6, 6.07) is 1.02. The van der Waals surface area contributed by atoms with E-state index in [1.165, 1.54) is 38.5 Å². The Morgan fingerprint density at radius 1 is 1.20 bits per heavy atom. The van der Waals surface area contributed by atoms with Crippen LogP contribution in [-0.2, 0) is 4.79 Å². The van der Waals surface area contributed by atoms with Gasteiger partial charge in [0.2, 0.25) is 5.91 Å². The number of piperidine rings is 1. The number of hydrogen-bond acceptors (Lipinski definition) is 3. The minimum atomic E-state index is 0.345. The van der Waals surface area contributed by atoms with Crippen LogP contribution in [0, 0.1) is 0 Å². The molecule has 20 heavy (non-hydrogen) atoms. The third kappa shape index (κ3) is 4.19. The van der Waals surface area contributed by atoms with E-state index in [0.717, 1.165) is 26.2 Å². The Bertz CT molecular complexity index is 302. The molecule has 2 saturated heterocycles. The molecule has 0 saturated carbocycles. The maximum absolute atomic E-state index is 12.4. The van der Waals surface area contributed by atoms with E-state index in [-0.39, 0.29) is 0 Å². The minimum Gasteiger partial charge on any atom is -0.342 e. The predicted octanol–water partition coefficient (Wildman–Crippen LogP) is 1.85. The molecule has 0 spiro atoms. The van der Waals surface area contributed by atoms with Crippen molar-refractivity contribution in [2.45, 2.75) is 64.5 Å². The van der Waals surface area contributed by atoms with Gasteiger partial charge in [-0.3, -0.25) is 9.69 Å². The van der Waals surface area contributed by atoms with E-state index in [1.807, 2.05) is 0 Å². The molecule has 0 aromatic carbocycles. The van der Waals surface area contributed by atoms with Gasteiger partial charge < -0.3 is 10.2 Å². The summed E-state index contributed by atoms with van der Waals surface area (Å²) in [7, 11) is 0. The molecule has 2 atom stereocenters. The average molecular weight is 281 g/mol. The molecule has 4 nitrogen and oxygen atoms in total. The number of hydrogen-bond donors (Lipinski definition) is 1. The van der Waals surface area contributed by atoms with Crippen LogP contribution in [0.4, 0.5) is 0 Å². The van der Waals surface area contributed by atoms with Crippen LogP contribution >= 0.6 is 0 Å².